The molecule has 2 aromatic rings. The molecule has 0 aliphatic heterocycles. The molecule has 0 aliphatic carbocycles. The number of rotatable bonds is 2. The third kappa shape index (κ3) is 1.99. The van der Waals surface area contributed by atoms with E-state index in [2.05, 4.69) is 39.5 Å². The predicted molar refractivity (Wildman–Crippen MR) is 65.7 cm³/mol. The minimum absolute atomic E-state index is 0.848. The number of anilines is 1. The van der Waals surface area contributed by atoms with Gasteiger partial charge < -0.3 is 5.73 Å². The van der Waals surface area contributed by atoms with E-state index in [0.717, 1.165) is 16.6 Å². The molecule has 1 aromatic heterocycles. The van der Waals surface area contributed by atoms with Crippen LogP contribution in [0.3, 0.4) is 0 Å². The monoisotopic (exact) mass is 267 g/mol. The molecule has 2 rings (SSSR count). The minimum atomic E-state index is 0.848. The molecule has 0 atom stereocenters. The maximum Gasteiger partial charge on any atom is 0.0494 e. The molecule has 1 heterocycles. The zero-order chi connectivity index (χ0) is 9.97. The fraction of sp³-hybridized carbons (Fsp3) is 0.0909. The van der Waals surface area contributed by atoms with Gasteiger partial charge in [-0.1, -0.05) is 18.2 Å². The standard InChI is InChI=1S/C11H10BrNS/c12-10-5-1-3-8(11(10)13)7-9-4-2-6-14-9/h1-6H,7,13H2. The Morgan fingerprint density at radius 2 is 2.07 bits per heavy atom. The molecule has 1 aromatic carbocycles. The third-order valence-electron chi connectivity index (χ3n) is 2.09. The number of thiophene rings is 1. The van der Waals surface area contributed by atoms with Crippen LogP contribution >= 0.6 is 27.3 Å². The van der Waals surface area contributed by atoms with Crippen LogP contribution in [0.1, 0.15) is 10.4 Å². The van der Waals surface area contributed by atoms with Crippen molar-refractivity contribution >= 4 is 33.0 Å². The number of benzene rings is 1. The summed E-state index contributed by atoms with van der Waals surface area (Å²) < 4.78 is 0.978. The number of para-hydroxylation sites is 1. The average molecular weight is 268 g/mol. The second kappa shape index (κ2) is 4.15. The number of nitrogens with two attached hydrogens (primary N) is 1. The lowest BCUT2D eigenvalue weighted by molar-refractivity contribution is 1.24. The highest BCUT2D eigenvalue weighted by atomic mass is 79.9. The molecule has 0 bridgehead atoms. The molecule has 2 N–H and O–H groups in total. The number of hydrogen-bond acceptors (Lipinski definition) is 2. The van der Waals surface area contributed by atoms with Crippen LogP contribution in [0.25, 0.3) is 0 Å². The fourth-order valence-electron chi connectivity index (χ4n) is 1.34. The van der Waals surface area contributed by atoms with E-state index in [-0.39, 0.29) is 0 Å². The van der Waals surface area contributed by atoms with Crippen LogP contribution in [0.2, 0.25) is 0 Å². The van der Waals surface area contributed by atoms with Gasteiger partial charge >= 0.3 is 0 Å². The van der Waals surface area contributed by atoms with Gasteiger partial charge in [-0.25, -0.2) is 0 Å². The fourth-order valence-corrected chi connectivity index (χ4v) is 2.47. The van der Waals surface area contributed by atoms with E-state index < -0.39 is 0 Å². The Hall–Kier alpha value is -0.800. The second-order valence-corrected chi connectivity index (χ2v) is 4.96. The lowest BCUT2D eigenvalue weighted by atomic mass is 10.1. The van der Waals surface area contributed by atoms with Crippen LogP contribution in [0, 0.1) is 0 Å². The Morgan fingerprint density at radius 1 is 1.21 bits per heavy atom. The van der Waals surface area contributed by atoms with Crippen molar-refractivity contribution < 1.29 is 0 Å². The van der Waals surface area contributed by atoms with Crippen LogP contribution in [0.4, 0.5) is 5.69 Å². The van der Waals surface area contributed by atoms with Gasteiger partial charge in [-0.3, -0.25) is 0 Å². The molecule has 0 radical (unpaired) electrons. The molecule has 0 fully saturated rings. The van der Waals surface area contributed by atoms with E-state index in [1.165, 1.54) is 10.4 Å². The van der Waals surface area contributed by atoms with Gasteiger partial charge in [0.05, 0.1) is 0 Å². The van der Waals surface area contributed by atoms with Gasteiger partial charge in [0.15, 0.2) is 0 Å². The first-order valence-electron chi connectivity index (χ1n) is 4.32. The van der Waals surface area contributed by atoms with Gasteiger partial charge in [-0.15, -0.1) is 11.3 Å². The first kappa shape index (κ1) is 9.74. The Balaban J connectivity index is 2.29. The van der Waals surface area contributed by atoms with E-state index in [1.54, 1.807) is 11.3 Å². The second-order valence-electron chi connectivity index (χ2n) is 3.07. The molecule has 3 heteroatoms. The molecule has 0 unspecified atom stereocenters. The average Bonchev–Trinajstić information content (AvgIpc) is 2.66. The van der Waals surface area contributed by atoms with Crippen molar-refractivity contribution in [2.45, 2.75) is 6.42 Å². The number of nitrogen functional groups attached to an aromatic ring is 1. The molecular weight excluding hydrogens is 258 g/mol. The highest BCUT2D eigenvalue weighted by molar-refractivity contribution is 9.10. The summed E-state index contributed by atoms with van der Waals surface area (Å²) in [6.45, 7) is 0. The summed E-state index contributed by atoms with van der Waals surface area (Å²) in [5.74, 6) is 0. The summed E-state index contributed by atoms with van der Waals surface area (Å²) in [6, 6.07) is 10.2. The third-order valence-corrected chi connectivity index (χ3v) is 3.66. The molecule has 0 saturated carbocycles. The molecule has 0 saturated heterocycles. The summed E-state index contributed by atoms with van der Waals surface area (Å²) in [4.78, 5) is 1.34. The molecule has 0 aliphatic rings. The van der Waals surface area contributed by atoms with E-state index in [9.17, 15) is 0 Å². The van der Waals surface area contributed by atoms with Gasteiger partial charge in [0.2, 0.25) is 0 Å². The van der Waals surface area contributed by atoms with Gasteiger partial charge in [0, 0.05) is 21.5 Å². The normalized spacial score (nSPS) is 10.4. The molecule has 72 valence electrons. The Morgan fingerprint density at radius 3 is 2.79 bits per heavy atom. The zero-order valence-corrected chi connectivity index (χ0v) is 9.94. The maximum atomic E-state index is 5.96. The van der Waals surface area contributed by atoms with Crippen LogP contribution in [-0.2, 0) is 6.42 Å². The minimum Gasteiger partial charge on any atom is -0.398 e. The van der Waals surface area contributed by atoms with Crippen molar-refractivity contribution in [3.8, 4) is 0 Å². The highest BCUT2D eigenvalue weighted by Gasteiger charge is 2.03. The lowest BCUT2D eigenvalue weighted by Crippen LogP contribution is -1.95. The highest BCUT2D eigenvalue weighted by Crippen LogP contribution is 2.26. The summed E-state index contributed by atoms with van der Waals surface area (Å²) in [7, 11) is 0. The molecule has 1 nitrogen and oxygen atoms in total. The molecule has 0 spiro atoms. The van der Waals surface area contributed by atoms with Gasteiger partial charge in [-0.05, 0) is 39.0 Å². The first-order chi connectivity index (χ1) is 6.77. The van der Waals surface area contributed by atoms with Crippen molar-refractivity contribution in [3.05, 3.63) is 50.6 Å². The quantitative estimate of drug-likeness (QED) is 0.826. The van der Waals surface area contributed by atoms with Crippen LogP contribution in [0.5, 0.6) is 0 Å². The van der Waals surface area contributed by atoms with E-state index >= 15 is 0 Å². The summed E-state index contributed by atoms with van der Waals surface area (Å²) >= 11 is 5.19. The van der Waals surface area contributed by atoms with Crippen molar-refractivity contribution in [3.63, 3.8) is 0 Å². The van der Waals surface area contributed by atoms with Crippen molar-refractivity contribution in [1.82, 2.24) is 0 Å². The van der Waals surface area contributed by atoms with Crippen LogP contribution < -0.4 is 5.73 Å². The molecular formula is C11H10BrNS. The zero-order valence-electron chi connectivity index (χ0n) is 7.53. The topological polar surface area (TPSA) is 26.0 Å². The Kier molecular flexibility index (Phi) is 2.89. The summed E-state index contributed by atoms with van der Waals surface area (Å²) in [6.07, 6.45) is 0.920. The smallest absolute Gasteiger partial charge is 0.0494 e. The van der Waals surface area contributed by atoms with Crippen molar-refractivity contribution in [2.24, 2.45) is 0 Å². The van der Waals surface area contributed by atoms with Gasteiger partial charge in [-0.2, -0.15) is 0 Å². The van der Waals surface area contributed by atoms with E-state index in [0.29, 0.717) is 0 Å². The van der Waals surface area contributed by atoms with E-state index in [1.807, 2.05) is 12.1 Å². The van der Waals surface area contributed by atoms with Crippen LogP contribution in [0.15, 0.2) is 40.2 Å². The van der Waals surface area contributed by atoms with Crippen molar-refractivity contribution in [1.29, 1.82) is 0 Å². The molecule has 14 heavy (non-hydrogen) atoms. The SMILES string of the molecule is Nc1c(Br)cccc1Cc1cccs1. The lowest BCUT2D eigenvalue weighted by Gasteiger charge is -2.05. The van der Waals surface area contributed by atoms with Crippen molar-refractivity contribution in [2.75, 3.05) is 5.73 Å². The number of hydrogen-bond donors (Lipinski definition) is 1. The molecule has 0 amide bonds. The Labute approximate surface area is 95.7 Å². The summed E-state index contributed by atoms with van der Waals surface area (Å²) in [5.41, 5.74) is 7.99. The van der Waals surface area contributed by atoms with Crippen LogP contribution in [-0.4, -0.2) is 0 Å². The first-order valence-corrected chi connectivity index (χ1v) is 6.00. The summed E-state index contributed by atoms with van der Waals surface area (Å²) in [5, 5.41) is 2.09. The van der Waals surface area contributed by atoms with E-state index in [4.69, 9.17) is 5.73 Å². The largest absolute Gasteiger partial charge is 0.398 e. The Bertz CT molecular complexity index is 423. The predicted octanol–water partition coefficient (Wildman–Crippen LogP) is 3.68. The maximum absolute atomic E-state index is 5.96. The van der Waals surface area contributed by atoms with Gasteiger partial charge in [0.25, 0.3) is 0 Å². The number of halogens is 1. The van der Waals surface area contributed by atoms with Gasteiger partial charge in [0.1, 0.15) is 0 Å².